The van der Waals surface area contributed by atoms with Crippen molar-refractivity contribution >= 4 is 11.8 Å². The maximum absolute atomic E-state index is 6.04. The summed E-state index contributed by atoms with van der Waals surface area (Å²) in [6.45, 7) is 4.50. The summed E-state index contributed by atoms with van der Waals surface area (Å²) in [5.74, 6) is 1.92. The van der Waals surface area contributed by atoms with E-state index < -0.39 is 0 Å². The van der Waals surface area contributed by atoms with Gasteiger partial charge >= 0.3 is 0 Å². The Hall–Kier alpha value is -1.82. The molecule has 0 spiro atoms. The molecule has 0 atom stereocenters. The summed E-state index contributed by atoms with van der Waals surface area (Å²) in [5.41, 5.74) is 1.23. The smallest absolute Gasteiger partial charge is 0.191 e. The molecule has 2 aliphatic rings. The zero-order valence-corrected chi connectivity index (χ0v) is 17.5. The first kappa shape index (κ1) is 20.9. The Kier molecular flexibility index (Phi) is 8.88. The first-order chi connectivity index (χ1) is 13.8. The highest BCUT2D eigenvalue weighted by molar-refractivity contribution is 5.79. The van der Waals surface area contributed by atoms with Crippen molar-refractivity contribution in [3.63, 3.8) is 0 Å². The van der Waals surface area contributed by atoms with Crippen LogP contribution >= 0.6 is 0 Å². The fourth-order valence-corrected chi connectivity index (χ4v) is 4.08. The first-order valence-electron chi connectivity index (χ1n) is 11.1. The summed E-state index contributed by atoms with van der Waals surface area (Å²) in [6, 6.07) is 4.27. The number of aromatic nitrogens is 1. The van der Waals surface area contributed by atoms with Gasteiger partial charge in [0, 0.05) is 39.4 Å². The molecule has 1 aliphatic carbocycles. The average Bonchev–Trinajstić information content (AvgIpc) is 3.03. The maximum atomic E-state index is 6.04. The average molecular weight is 388 g/mol. The molecule has 2 heterocycles. The molecule has 0 aromatic carbocycles. The molecule has 0 amide bonds. The van der Waals surface area contributed by atoms with E-state index in [2.05, 4.69) is 37.6 Å². The Bertz CT molecular complexity index is 592. The topological polar surface area (TPSA) is 61.8 Å². The second-order valence-electron chi connectivity index (χ2n) is 7.91. The number of hydrogen-bond acceptors (Lipinski definition) is 4. The molecule has 1 saturated carbocycles. The molecule has 6 heteroatoms. The molecule has 1 aliphatic heterocycles. The van der Waals surface area contributed by atoms with Crippen LogP contribution in [0.5, 0.6) is 0 Å². The van der Waals surface area contributed by atoms with Crippen LogP contribution in [0.4, 0.5) is 5.82 Å². The van der Waals surface area contributed by atoms with E-state index in [1.54, 1.807) is 0 Å². The quantitative estimate of drug-likeness (QED) is 0.325. The number of aliphatic imine (C=N–C) groups is 1. The molecule has 1 aromatic rings. The SMILES string of the molecule is CN=C(NCCOC1CCCCCC1)NCc1ccnc(N2CCCCC2)c1. The lowest BCUT2D eigenvalue weighted by atomic mass is 10.1. The van der Waals surface area contributed by atoms with Gasteiger partial charge < -0.3 is 20.3 Å². The number of guanidine groups is 1. The predicted molar refractivity (Wildman–Crippen MR) is 116 cm³/mol. The minimum atomic E-state index is 0.448. The van der Waals surface area contributed by atoms with Crippen LogP contribution in [0.1, 0.15) is 63.4 Å². The monoisotopic (exact) mass is 387 g/mol. The largest absolute Gasteiger partial charge is 0.376 e. The van der Waals surface area contributed by atoms with E-state index >= 15 is 0 Å². The van der Waals surface area contributed by atoms with Crippen molar-refractivity contribution in [2.75, 3.05) is 38.2 Å². The summed E-state index contributed by atoms with van der Waals surface area (Å²) in [5, 5.41) is 6.76. The van der Waals surface area contributed by atoms with Gasteiger partial charge in [-0.2, -0.15) is 0 Å². The number of hydrogen-bond donors (Lipinski definition) is 2. The highest BCUT2D eigenvalue weighted by Gasteiger charge is 2.13. The zero-order chi connectivity index (χ0) is 19.4. The first-order valence-corrected chi connectivity index (χ1v) is 11.1. The van der Waals surface area contributed by atoms with Gasteiger partial charge in [-0.1, -0.05) is 25.7 Å². The van der Waals surface area contributed by atoms with Crippen molar-refractivity contribution in [2.24, 2.45) is 4.99 Å². The molecule has 28 heavy (non-hydrogen) atoms. The summed E-state index contributed by atoms with van der Waals surface area (Å²) >= 11 is 0. The molecule has 1 saturated heterocycles. The molecule has 1 aromatic heterocycles. The van der Waals surface area contributed by atoms with Crippen LogP contribution in [-0.4, -0.2) is 50.3 Å². The maximum Gasteiger partial charge on any atom is 0.191 e. The molecule has 156 valence electrons. The van der Waals surface area contributed by atoms with Crippen molar-refractivity contribution in [1.82, 2.24) is 15.6 Å². The van der Waals surface area contributed by atoms with E-state index in [-0.39, 0.29) is 0 Å². The highest BCUT2D eigenvalue weighted by Crippen LogP contribution is 2.20. The van der Waals surface area contributed by atoms with Crippen molar-refractivity contribution in [1.29, 1.82) is 0 Å². The van der Waals surface area contributed by atoms with Crippen LogP contribution in [0.25, 0.3) is 0 Å². The van der Waals surface area contributed by atoms with Gasteiger partial charge in [0.05, 0.1) is 12.7 Å². The van der Waals surface area contributed by atoms with Gasteiger partial charge in [-0.15, -0.1) is 0 Å². The number of rotatable bonds is 7. The lowest BCUT2D eigenvalue weighted by molar-refractivity contribution is 0.0468. The second-order valence-corrected chi connectivity index (χ2v) is 7.91. The fraction of sp³-hybridized carbons (Fsp3) is 0.727. The minimum absolute atomic E-state index is 0.448. The van der Waals surface area contributed by atoms with Crippen LogP contribution in [0, 0.1) is 0 Å². The van der Waals surface area contributed by atoms with Crippen LogP contribution in [-0.2, 0) is 11.3 Å². The van der Waals surface area contributed by atoms with Gasteiger partial charge in [-0.3, -0.25) is 4.99 Å². The van der Waals surface area contributed by atoms with Crippen molar-refractivity contribution < 1.29 is 4.74 Å². The lowest BCUT2D eigenvalue weighted by Crippen LogP contribution is -2.39. The fourth-order valence-electron chi connectivity index (χ4n) is 4.08. The van der Waals surface area contributed by atoms with Gasteiger partial charge in [0.25, 0.3) is 0 Å². The Morgan fingerprint density at radius 3 is 2.61 bits per heavy atom. The molecule has 0 bridgehead atoms. The second kappa shape index (κ2) is 11.9. The zero-order valence-electron chi connectivity index (χ0n) is 17.5. The third kappa shape index (κ3) is 6.97. The van der Waals surface area contributed by atoms with Gasteiger partial charge in [-0.05, 0) is 49.8 Å². The van der Waals surface area contributed by atoms with Crippen molar-refractivity contribution in [2.45, 2.75) is 70.4 Å². The minimum Gasteiger partial charge on any atom is -0.376 e. The van der Waals surface area contributed by atoms with E-state index in [0.29, 0.717) is 6.10 Å². The third-order valence-corrected chi connectivity index (χ3v) is 5.72. The van der Waals surface area contributed by atoms with Crippen LogP contribution in [0.3, 0.4) is 0 Å². The van der Waals surface area contributed by atoms with E-state index in [9.17, 15) is 0 Å². The van der Waals surface area contributed by atoms with Gasteiger partial charge in [0.2, 0.25) is 0 Å². The normalized spacial score (nSPS) is 19.3. The molecular formula is C22H37N5O. The number of anilines is 1. The lowest BCUT2D eigenvalue weighted by Gasteiger charge is -2.28. The highest BCUT2D eigenvalue weighted by atomic mass is 16.5. The van der Waals surface area contributed by atoms with E-state index in [1.165, 1.54) is 63.4 Å². The number of nitrogens with zero attached hydrogens (tertiary/aromatic N) is 3. The number of piperidine rings is 1. The third-order valence-electron chi connectivity index (χ3n) is 5.72. The van der Waals surface area contributed by atoms with E-state index in [1.807, 2.05) is 13.2 Å². The standard InChI is InChI=1S/C22H37N5O/c1-23-22(25-13-16-28-20-9-5-2-3-6-10-20)26-18-19-11-12-24-21(17-19)27-14-7-4-8-15-27/h11-12,17,20H,2-10,13-16,18H2,1H3,(H2,23,25,26). The molecule has 2 N–H and O–H groups in total. The van der Waals surface area contributed by atoms with Gasteiger partial charge in [0.15, 0.2) is 5.96 Å². The Balaban J connectivity index is 1.37. The Morgan fingerprint density at radius 1 is 1.11 bits per heavy atom. The number of nitrogens with one attached hydrogen (secondary N) is 2. The Morgan fingerprint density at radius 2 is 1.86 bits per heavy atom. The predicted octanol–water partition coefficient (Wildman–Crippen LogP) is 3.48. The summed E-state index contributed by atoms with van der Waals surface area (Å²) < 4.78 is 6.04. The van der Waals surface area contributed by atoms with Crippen LogP contribution < -0.4 is 15.5 Å². The molecule has 0 radical (unpaired) electrons. The molecule has 6 nitrogen and oxygen atoms in total. The summed E-state index contributed by atoms with van der Waals surface area (Å²) in [7, 11) is 1.81. The van der Waals surface area contributed by atoms with E-state index in [0.717, 1.165) is 44.6 Å². The van der Waals surface area contributed by atoms with Crippen LogP contribution in [0.15, 0.2) is 23.3 Å². The van der Waals surface area contributed by atoms with Crippen LogP contribution in [0.2, 0.25) is 0 Å². The summed E-state index contributed by atoms with van der Waals surface area (Å²) in [4.78, 5) is 11.3. The van der Waals surface area contributed by atoms with E-state index in [4.69, 9.17) is 4.74 Å². The number of ether oxygens (including phenoxy) is 1. The van der Waals surface area contributed by atoms with Gasteiger partial charge in [0.1, 0.15) is 5.82 Å². The molecule has 0 unspecified atom stereocenters. The van der Waals surface area contributed by atoms with Crippen molar-refractivity contribution in [3.8, 4) is 0 Å². The molecular weight excluding hydrogens is 350 g/mol. The molecule has 3 rings (SSSR count). The molecule has 2 fully saturated rings. The number of pyridine rings is 1. The summed E-state index contributed by atoms with van der Waals surface area (Å²) in [6.07, 6.45) is 14.0. The van der Waals surface area contributed by atoms with Crippen molar-refractivity contribution in [3.05, 3.63) is 23.9 Å². The van der Waals surface area contributed by atoms with Gasteiger partial charge in [-0.25, -0.2) is 4.98 Å². The Labute approximate surface area is 170 Å².